The van der Waals surface area contributed by atoms with E-state index in [2.05, 4.69) is 25.9 Å². The van der Waals surface area contributed by atoms with Crippen molar-refractivity contribution in [2.75, 3.05) is 26.6 Å². The summed E-state index contributed by atoms with van der Waals surface area (Å²) < 4.78 is 21.3. The molecule has 3 aromatic rings. The van der Waals surface area contributed by atoms with Crippen molar-refractivity contribution in [2.24, 2.45) is 0 Å². The van der Waals surface area contributed by atoms with Crippen LogP contribution in [0, 0.1) is 0 Å². The third-order valence-corrected chi connectivity index (χ3v) is 4.82. The average molecular weight is 425 g/mol. The molecular weight excluding hydrogens is 406 g/mol. The maximum absolute atomic E-state index is 12.7. The molecule has 11 heteroatoms. The Kier molecular flexibility index (Phi) is 5.39. The number of anilines is 1. The number of rotatable bonds is 7. The molecule has 2 N–H and O–H groups in total. The number of esters is 1. The molecular formula is C20H19N5O6. The lowest BCUT2D eigenvalue weighted by atomic mass is 10.0. The second-order valence-electron chi connectivity index (χ2n) is 6.56. The normalized spacial score (nSPS) is 14.5. The van der Waals surface area contributed by atoms with Crippen LogP contribution in [-0.4, -0.2) is 53.8 Å². The topological polar surface area (TPSA) is 138 Å². The molecule has 1 aliphatic heterocycles. The predicted octanol–water partition coefficient (Wildman–Crippen LogP) is 2.13. The van der Waals surface area contributed by atoms with E-state index in [1.165, 1.54) is 21.3 Å². The Labute approximate surface area is 176 Å². The number of carbonyl (C=O) groups is 2. The molecule has 0 saturated carbocycles. The highest BCUT2D eigenvalue weighted by Gasteiger charge is 2.36. The van der Waals surface area contributed by atoms with Crippen molar-refractivity contribution in [3.63, 3.8) is 0 Å². The summed E-state index contributed by atoms with van der Waals surface area (Å²) in [6.07, 6.45) is -0.810. The van der Waals surface area contributed by atoms with E-state index < -0.39 is 12.1 Å². The highest BCUT2D eigenvalue weighted by Crippen LogP contribution is 2.43. The van der Waals surface area contributed by atoms with Crippen LogP contribution in [0.5, 0.6) is 17.2 Å². The summed E-state index contributed by atoms with van der Waals surface area (Å²) in [6.45, 7) is 0. The van der Waals surface area contributed by atoms with Crippen LogP contribution in [-0.2, 0) is 9.53 Å². The first kappa shape index (κ1) is 20.1. The highest BCUT2D eigenvalue weighted by molar-refractivity contribution is 5.99. The first-order valence-corrected chi connectivity index (χ1v) is 9.23. The lowest BCUT2D eigenvalue weighted by Gasteiger charge is -2.13. The van der Waals surface area contributed by atoms with Gasteiger partial charge in [-0.05, 0) is 29.5 Å². The Bertz CT molecular complexity index is 1130. The SMILES string of the molecule is COc1ccc(NC(=O)C[C@H]2OC(=O)c3c2ccc(OC)c3OC)cc1-c1nn[nH]n1. The van der Waals surface area contributed by atoms with Gasteiger partial charge in [0.15, 0.2) is 11.5 Å². The zero-order valence-electron chi connectivity index (χ0n) is 17.0. The monoisotopic (exact) mass is 425 g/mol. The number of benzene rings is 2. The van der Waals surface area contributed by atoms with Crippen molar-refractivity contribution in [2.45, 2.75) is 12.5 Å². The van der Waals surface area contributed by atoms with Gasteiger partial charge in [0.05, 0.1) is 33.3 Å². The van der Waals surface area contributed by atoms with Gasteiger partial charge in [-0.15, -0.1) is 10.2 Å². The van der Waals surface area contributed by atoms with Crippen LogP contribution in [0.4, 0.5) is 5.69 Å². The number of nitrogens with one attached hydrogen (secondary N) is 2. The molecule has 0 unspecified atom stereocenters. The minimum atomic E-state index is -0.739. The molecule has 1 atom stereocenters. The number of fused-ring (bicyclic) bond motifs is 1. The number of hydrogen-bond acceptors (Lipinski definition) is 9. The number of H-pyrrole nitrogens is 1. The molecule has 11 nitrogen and oxygen atoms in total. The number of carbonyl (C=O) groups excluding carboxylic acids is 2. The van der Waals surface area contributed by atoms with E-state index in [1.54, 1.807) is 30.3 Å². The molecule has 1 amide bonds. The molecule has 0 aliphatic carbocycles. The molecule has 1 aliphatic rings. The van der Waals surface area contributed by atoms with Crippen molar-refractivity contribution in [3.05, 3.63) is 41.5 Å². The number of aromatic amines is 1. The van der Waals surface area contributed by atoms with E-state index in [4.69, 9.17) is 18.9 Å². The summed E-state index contributed by atoms with van der Waals surface area (Å²) in [5, 5.41) is 16.6. The molecule has 2 heterocycles. The van der Waals surface area contributed by atoms with Gasteiger partial charge < -0.3 is 24.3 Å². The fourth-order valence-corrected chi connectivity index (χ4v) is 3.44. The van der Waals surface area contributed by atoms with Crippen molar-refractivity contribution in [3.8, 4) is 28.6 Å². The van der Waals surface area contributed by atoms with Crippen LogP contribution in [0.2, 0.25) is 0 Å². The van der Waals surface area contributed by atoms with E-state index in [1.807, 2.05) is 0 Å². The number of amides is 1. The van der Waals surface area contributed by atoms with Gasteiger partial charge in [-0.25, -0.2) is 4.79 Å². The van der Waals surface area contributed by atoms with Gasteiger partial charge in [0.25, 0.3) is 0 Å². The Morgan fingerprint density at radius 1 is 1.13 bits per heavy atom. The number of hydrogen-bond donors (Lipinski definition) is 2. The summed E-state index contributed by atoms with van der Waals surface area (Å²) >= 11 is 0. The molecule has 0 bridgehead atoms. The smallest absolute Gasteiger partial charge is 0.343 e. The van der Waals surface area contributed by atoms with Crippen LogP contribution < -0.4 is 19.5 Å². The number of methoxy groups -OCH3 is 3. The zero-order chi connectivity index (χ0) is 22.0. The van der Waals surface area contributed by atoms with Gasteiger partial charge in [0.1, 0.15) is 17.4 Å². The second kappa shape index (κ2) is 8.30. The van der Waals surface area contributed by atoms with Crippen molar-refractivity contribution in [1.29, 1.82) is 0 Å². The fourth-order valence-electron chi connectivity index (χ4n) is 3.44. The van der Waals surface area contributed by atoms with Gasteiger partial charge in [0.2, 0.25) is 11.7 Å². The minimum Gasteiger partial charge on any atom is -0.496 e. The summed E-state index contributed by atoms with van der Waals surface area (Å²) in [5.74, 6) is 0.645. The summed E-state index contributed by atoms with van der Waals surface area (Å²) in [7, 11) is 4.44. The molecule has 0 fully saturated rings. The standard InChI is InChI=1S/C20H19N5O6/c1-28-13-6-4-10(8-12(13)19-22-24-25-23-19)21-16(26)9-15-11-5-7-14(29-2)18(30-3)17(11)20(27)31-15/h4-8,15H,9H2,1-3H3,(H,21,26)(H,22,23,24,25)/t15-/m1/s1. The van der Waals surface area contributed by atoms with E-state index in [0.717, 1.165) is 0 Å². The number of aromatic nitrogens is 4. The quantitative estimate of drug-likeness (QED) is 0.545. The Morgan fingerprint density at radius 2 is 1.90 bits per heavy atom. The molecule has 4 rings (SSSR count). The fraction of sp³-hybridized carbons (Fsp3) is 0.250. The molecule has 31 heavy (non-hydrogen) atoms. The number of tetrazole rings is 1. The van der Waals surface area contributed by atoms with E-state index in [9.17, 15) is 9.59 Å². The Morgan fingerprint density at radius 3 is 2.58 bits per heavy atom. The van der Waals surface area contributed by atoms with Gasteiger partial charge in [0, 0.05) is 11.3 Å². The lowest BCUT2D eigenvalue weighted by molar-refractivity contribution is -0.118. The molecule has 160 valence electrons. The lowest BCUT2D eigenvalue weighted by Crippen LogP contribution is -2.16. The predicted molar refractivity (Wildman–Crippen MR) is 107 cm³/mol. The van der Waals surface area contributed by atoms with Crippen LogP contribution in [0.3, 0.4) is 0 Å². The molecule has 0 spiro atoms. The Balaban J connectivity index is 1.54. The summed E-state index contributed by atoms with van der Waals surface area (Å²) in [6, 6.07) is 8.41. The van der Waals surface area contributed by atoms with E-state index in [0.29, 0.717) is 34.1 Å². The van der Waals surface area contributed by atoms with Gasteiger partial charge >= 0.3 is 5.97 Å². The maximum atomic E-state index is 12.7. The van der Waals surface area contributed by atoms with Crippen LogP contribution in [0.15, 0.2) is 30.3 Å². The first-order valence-electron chi connectivity index (χ1n) is 9.23. The summed E-state index contributed by atoms with van der Waals surface area (Å²) in [4.78, 5) is 25.1. The van der Waals surface area contributed by atoms with Crippen molar-refractivity contribution >= 4 is 17.6 Å². The van der Waals surface area contributed by atoms with Crippen molar-refractivity contribution < 1.29 is 28.5 Å². The van der Waals surface area contributed by atoms with Crippen LogP contribution in [0.25, 0.3) is 11.4 Å². The number of ether oxygens (including phenoxy) is 4. The van der Waals surface area contributed by atoms with Crippen LogP contribution >= 0.6 is 0 Å². The highest BCUT2D eigenvalue weighted by atomic mass is 16.6. The number of nitrogens with zero attached hydrogens (tertiary/aromatic N) is 3. The summed E-state index contributed by atoms with van der Waals surface area (Å²) in [5.41, 5.74) is 1.90. The first-order chi connectivity index (χ1) is 15.0. The van der Waals surface area contributed by atoms with Gasteiger partial charge in [-0.3, -0.25) is 4.79 Å². The van der Waals surface area contributed by atoms with E-state index >= 15 is 0 Å². The van der Waals surface area contributed by atoms with E-state index in [-0.39, 0.29) is 23.6 Å². The maximum Gasteiger partial charge on any atom is 0.343 e. The minimum absolute atomic E-state index is 0.0716. The van der Waals surface area contributed by atoms with Crippen molar-refractivity contribution in [1.82, 2.24) is 20.6 Å². The number of cyclic esters (lactones) is 1. The second-order valence-corrected chi connectivity index (χ2v) is 6.56. The third kappa shape index (κ3) is 3.72. The largest absolute Gasteiger partial charge is 0.496 e. The third-order valence-electron chi connectivity index (χ3n) is 4.82. The molecule has 0 saturated heterocycles. The zero-order valence-corrected chi connectivity index (χ0v) is 17.0. The molecule has 1 aromatic heterocycles. The van der Waals surface area contributed by atoms with Gasteiger partial charge in [-0.2, -0.15) is 5.21 Å². The average Bonchev–Trinajstić information content (AvgIpc) is 3.41. The molecule has 0 radical (unpaired) electrons. The molecule has 2 aromatic carbocycles. The van der Waals surface area contributed by atoms with Gasteiger partial charge in [-0.1, -0.05) is 6.07 Å². The van der Waals surface area contributed by atoms with Crippen LogP contribution in [0.1, 0.15) is 28.4 Å². The Hall–Kier alpha value is -4.15.